The molecule has 0 amide bonds. The van der Waals surface area contributed by atoms with Gasteiger partial charge in [0.25, 0.3) is 0 Å². The van der Waals surface area contributed by atoms with Crippen molar-refractivity contribution in [3.05, 3.63) is 30.0 Å². The second-order valence-electron chi connectivity index (χ2n) is 3.75. The van der Waals surface area contributed by atoms with Crippen LogP contribution in [0.15, 0.2) is 35.1 Å². The van der Waals surface area contributed by atoms with Gasteiger partial charge in [-0.1, -0.05) is 11.3 Å². The van der Waals surface area contributed by atoms with Crippen LogP contribution in [0, 0.1) is 0 Å². The number of imidazole rings is 1. The third-order valence-corrected chi connectivity index (χ3v) is 4.09. The molecule has 3 heterocycles. The topological polar surface area (TPSA) is 77.2 Å². The molecule has 8 heteroatoms. The summed E-state index contributed by atoms with van der Waals surface area (Å²) in [6, 6.07) is 3.17. The Morgan fingerprint density at radius 2 is 2.17 bits per heavy atom. The summed E-state index contributed by atoms with van der Waals surface area (Å²) in [7, 11) is -3.26. The molecule has 3 aromatic heterocycles. The van der Waals surface area contributed by atoms with Gasteiger partial charge in [0.2, 0.25) is 4.96 Å². The molecule has 0 fully saturated rings. The average molecular weight is 280 g/mol. The summed E-state index contributed by atoms with van der Waals surface area (Å²) in [6.45, 7) is 0. The zero-order chi connectivity index (χ0) is 12.8. The summed E-state index contributed by atoms with van der Waals surface area (Å²) in [6.07, 6.45) is 4.41. The fourth-order valence-electron chi connectivity index (χ4n) is 1.53. The van der Waals surface area contributed by atoms with Crippen LogP contribution in [0.4, 0.5) is 0 Å². The Labute approximate surface area is 107 Å². The van der Waals surface area contributed by atoms with Gasteiger partial charge < -0.3 is 0 Å². The van der Waals surface area contributed by atoms with E-state index in [1.807, 2.05) is 0 Å². The van der Waals surface area contributed by atoms with E-state index in [0.717, 1.165) is 22.5 Å². The molecule has 0 aliphatic heterocycles. The number of pyridine rings is 1. The van der Waals surface area contributed by atoms with Crippen molar-refractivity contribution in [1.29, 1.82) is 0 Å². The smallest absolute Gasteiger partial charge is 0.212 e. The molecule has 0 spiro atoms. The number of aromatic nitrogens is 4. The van der Waals surface area contributed by atoms with Crippen molar-refractivity contribution in [3.63, 3.8) is 0 Å². The van der Waals surface area contributed by atoms with E-state index in [-0.39, 0.29) is 5.03 Å². The first kappa shape index (κ1) is 11.3. The normalized spacial score (nSPS) is 12.1. The highest BCUT2D eigenvalue weighted by Gasteiger charge is 2.10. The van der Waals surface area contributed by atoms with Crippen LogP contribution in [0.3, 0.4) is 0 Å². The summed E-state index contributed by atoms with van der Waals surface area (Å²) in [5.74, 6) is 0. The van der Waals surface area contributed by atoms with E-state index in [1.54, 1.807) is 22.3 Å². The number of hydrogen-bond acceptors (Lipinski definition) is 6. The standard InChI is InChI=1S/C10H8N4O2S2/c1-18(15,16)9-3-2-7(4-11-9)8-5-14-10(13-8)17-6-12-14/h2-6H,1H3. The van der Waals surface area contributed by atoms with Gasteiger partial charge in [0.05, 0.1) is 11.9 Å². The van der Waals surface area contributed by atoms with Gasteiger partial charge in [-0.05, 0) is 12.1 Å². The highest BCUT2D eigenvalue weighted by Crippen LogP contribution is 2.20. The largest absolute Gasteiger partial charge is 0.244 e. The van der Waals surface area contributed by atoms with E-state index < -0.39 is 9.84 Å². The predicted molar refractivity (Wildman–Crippen MR) is 67.2 cm³/mol. The third-order valence-electron chi connectivity index (χ3n) is 2.40. The monoisotopic (exact) mass is 280 g/mol. The van der Waals surface area contributed by atoms with Gasteiger partial charge >= 0.3 is 0 Å². The molecular formula is C10H8N4O2S2. The van der Waals surface area contributed by atoms with Crippen LogP contribution in [0.1, 0.15) is 0 Å². The molecular weight excluding hydrogens is 272 g/mol. The predicted octanol–water partition coefficient (Wildman–Crippen LogP) is 1.26. The summed E-state index contributed by atoms with van der Waals surface area (Å²) in [4.78, 5) is 9.08. The molecule has 0 unspecified atom stereocenters. The van der Waals surface area contributed by atoms with Crippen LogP contribution in [0.25, 0.3) is 16.2 Å². The molecule has 0 bridgehead atoms. The molecule has 0 saturated carbocycles. The van der Waals surface area contributed by atoms with E-state index in [4.69, 9.17) is 0 Å². The van der Waals surface area contributed by atoms with Crippen LogP contribution in [-0.4, -0.2) is 34.3 Å². The van der Waals surface area contributed by atoms with Crippen molar-refractivity contribution in [3.8, 4) is 11.3 Å². The van der Waals surface area contributed by atoms with Crippen LogP contribution in [0.5, 0.6) is 0 Å². The zero-order valence-electron chi connectivity index (χ0n) is 9.31. The Hall–Kier alpha value is -1.80. The van der Waals surface area contributed by atoms with Gasteiger partial charge in [0, 0.05) is 18.0 Å². The number of fused-ring (bicyclic) bond motifs is 1. The molecule has 0 aromatic carbocycles. The number of hydrogen-bond donors (Lipinski definition) is 0. The maximum Gasteiger partial charge on any atom is 0.212 e. The Balaban J connectivity index is 2.05. The molecule has 3 aromatic rings. The lowest BCUT2D eigenvalue weighted by Crippen LogP contribution is -1.99. The van der Waals surface area contributed by atoms with Crippen LogP contribution >= 0.6 is 11.3 Å². The summed E-state index contributed by atoms with van der Waals surface area (Å²) < 4.78 is 24.3. The summed E-state index contributed by atoms with van der Waals surface area (Å²) in [5, 5.41) is 4.14. The van der Waals surface area contributed by atoms with Crippen molar-refractivity contribution < 1.29 is 8.42 Å². The first-order valence-electron chi connectivity index (χ1n) is 4.99. The Kier molecular flexibility index (Phi) is 2.42. The quantitative estimate of drug-likeness (QED) is 0.706. The van der Waals surface area contributed by atoms with E-state index in [2.05, 4.69) is 15.1 Å². The number of rotatable bonds is 2. The highest BCUT2D eigenvalue weighted by molar-refractivity contribution is 7.90. The van der Waals surface area contributed by atoms with E-state index in [1.165, 1.54) is 23.6 Å². The lowest BCUT2D eigenvalue weighted by atomic mass is 10.2. The number of nitrogens with zero attached hydrogens (tertiary/aromatic N) is 4. The second-order valence-corrected chi connectivity index (χ2v) is 6.52. The third kappa shape index (κ3) is 1.89. The lowest BCUT2D eigenvalue weighted by Gasteiger charge is -1.98. The molecule has 6 nitrogen and oxygen atoms in total. The minimum Gasteiger partial charge on any atom is -0.244 e. The van der Waals surface area contributed by atoms with Crippen molar-refractivity contribution >= 4 is 26.1 Å². The molecule has 0 radical (unpaired) electrons. The van der Waals surface area contributed by atoms with Gasteiger partial charge in [-0.25, -0.2) is 22.9 Å². The van der Waals surface area contributed by atoms with Crippen molar-refractivity contribution in [2.45, 2.75) is 5.03 Å². The molecule has 0 N–H and O–H groups in total. The van der Waals surface area contributed by atoms with E-state index in [0.29, 0.717) is 0 Å². The van der Waals surface area contributed by atoms with Crippen LogP contribution in [-0.2, 0) is 9.84 Å². The second kappa shape index (κ2) is 3.85. The molecule has 0 saturated heterocycles. The van der Waals surface area contributed by atoms with Gasteiger partial charge in [0.1, 0.15) is 5.51 Å². The van der Waals surface area contributed by atoms with Crippen LogP contribution in [0.2, 0.25) is 0 Å². The van der Waals surface area contributed by atoms with Gasteiger partial charge in [0.15, 0.2) is 14.9 Å². The highest BCUT2D eigenvalue weighted by atomic mass is 32.2. The maximum atomic E-state index is 11.3. The fourth-order valence-corrected chi connectivity index (χ4v) is 2.69. The first-order chi connectivity index (χ1) is 8.54. The fraction of sp³-hybridized carbons (Fsp3) is 0.100. The zero-order valence-corrected chi connectivity index (χ0v) is 10.9. The van der Waals surface area contributed by atoms with Crippen LogP contribution < -0.4 is 0 Å². The Bertz CT molecular complexity index is 773. The van der Waals surface area contributed by atoms with Gasteiger partial charge in [-0.2, -0.15) is 5.10 Å². The van der Waals surface area contributed by atoms with Crippen molar-refractivity contribution in [2.75, 3.05) is 6.26 Å². The van der Waals surface area contributed by atoms with Crippen molar-refractivity contribution in [1.82, 2.24) is 19.6 Å². The van der Waals surface area contributed by atoms with Crippen molar-refractivity contribution in [2.24, 2.45) is 0 Å². The summed E-state index contributed by atoms with van der Waals surface area (Å²) >= 11 is 1.43. The maximum absolute atomic E-state index is 11.3. The molecule has 0 atom stereocenters. The van der Waals surface area contributed by atoms with E-state index in [9.17, 15) is 8.42 Å². The molecule has 18 heavy (non-hydrogen) atoms. The SMILES string of the molecule is CS(=O)(=O)c1ccc(-c2cn3ncsc3n2)cn1. The van der Waals surface area contributed by atoms with Gasteiger partial charge in [-0.3, -0.25) is 0 Å². The minimum absolute atomic E-state index is 0.0606. The molecule has 0 aliphatic carbocycles. The Morgan fingerprint density at radius 3 is 2.78 bits per heavy atom. The molecule has 92 valence electrons. The molecule has 3 rings (SSSR count). The number of sulfone groups is 1. The minimum atomic E-state index is -3.26. The Morgan fingerprint density at radius 1 is 1.33 bits per heavy atom. The lowest BCUT2D eigenvalue weighted by molar-refractivity contribution is 0.598. The molecule has 0 aliphatic rings. The summed E-state index contributed by atoms with van der Waals surface area (Å²) in [5.41, 5.74) is 3.19. The van der Waals surface area contributed by atoms with E-state index >= 15 is 0 Å². The average Bonchev–Trinajstić information content (AvgIpc) is 2.88. The van der Waals surface area contributed by atoms with Gasteiger partial charge in [-0.15, -0.1) is 0 Å². The first-order valence-corrected chi connectivity index (χ1v) is 7.76.